The molecular weight excluding hydrogens is 178 g/mol. The van der Waals surface area contributed by atoms with Crippen molar-refractivity contribution in [1.29, 1.82) is 0 Å². The van der Waals surface area contributed by atoms with Crippen molar-refractivity contribution in [2.24, 2.45) is 0 Å². The van der Waals surface area contributed by atoms with Crippen molar-refractivity contribution in [2.75, 3.05) is 6.54 Å². The Bertz CT molecular complexity index is 355. The molecule has 0 aliphatic heterocycles. The smallest absolute Gasteiger partial charge is 0.120 e. The molecule has 0 heterocycles. The molecule has 1 aromatic rings. The van der Waals surface area contributed by atoms with E-state index in [0.29, 0.717) is 12.1 Å². The van der Waals surface area contributed by atoms with Crippen molar-refractivity contribution in [3.8, 4) is 23.8 Å². The van der Waals surface area contributed by atoms with Gasteiger partial charge in [0, 0.05) is 11.6 Å². The maximum absolute atomic E-state index is 9.50. The standard InChI is InChI=1S/C11H13NO2/c1-3-6-12-8(2)10-7-9(13)4-5-11(10)14/h1,4-5,7-8,12-14H,6H2,2H3. The van der Waals surface area contributed by atoms with Crippen LogP contribution < -0.4 is 5.32 Å². The molecule has 0 saturated heterocycles. The Kier molecular flexibility index (Phi) is 3.38. The molecule has 1 aromatic carbocycles. The Morgan fingerprint density at radius 2 is 2.21 bits per heavy atom. The highest BCUT2D eigenvalue weighted by atomic mass is 16.3. The van der Waals surface area contributed by atoms with Gasteiger partial charge in [0.05, 0.1) is 6.54 Å². The summed E-state index contributed by atoms with van der Waals surface area (Å²) < 4.78 is 0. The Balaban J connectivity index is 2.83. The minimum absolute atomic E-state index is 0.0850. The predicted octanol–water partition coefficient (Wildman–Crippen LogP) is 1.38. The molecule has 3 N–H and O–H groups in total. The monoisotopic (exact) mass is 191 g/mol. The molecule has 0 bridgehead atoms. The Hall–Kier alpha value is -1.66. The second kappa shape index (κ2) is 4.54. The van der Waals surface area contributed by atoms with Crippen LogP contribution in [0, 0.1) is 12.3 Å². The topological polar surface area (TPSA) is 52.5 Å². The van der Waals surface area contributed by atoms with Crippen molar-refractivity contribution in [3.05, 3.63) is 23.8 Å². The molecular formula is C11H13NO2. The summed E-state index contributed by atoms with van der Waals surface area (Å²) in [6.45, 7) is 2.29. The minimum atomic E-state index is -0.0850. The third-order valence-electron chi connectivity index (χ3n) is 1.99. The zero-order valence-electron chi connectivity index (χ0n) is 7.99. The lowest BCUT2D eigenvalue weighted by molar-refractivity contribution is 0.444. The average molecular weight is 191 g/mol. The van der Waals surface area contributed by atoms with Gasteiger partial charge in [0.2, 0.25) is 0 Å². The average Bonchev–Trinajstić information content (AvgIpc) is 2.18. The Labute approximate surface area is 83.4 Å². The molecule has 0 aliphatic rings. The highest BCUT2D eigenvalue weighted by Crippen LogP contribution is 2.27. The van der Waals surface area contributed by atoms with Gasteiger partial charge in [-0.1, -0.05) is 5.92 Å². The third kappa shape index (κ3) is 2.41. The summed E-state index contributed by atoms with van der Waals surface area (Å²) in [6.07, 6.45) is 5.10. The van der Waals surface area contributed by atoms with E-state index in [4.69, 9.17) is 6.42 Å². The lowest BCUT2D eigenvalue weighted by Crippen LogP contribution is -2.18. The maximum Gasteiger partial charge on any atom is 0.120 e. The van der Waals surface area contributed by atoms with Crippen LogP contribution in [0.1, 0.15) is 18.5 Å². The second-order valence-electron chi connectivity index (χ2n) is 3.05. The second-order valence-corrected chi connectivity index (χ2v) is 3.05. The van der Waals surface area contributed by atoms with Crippen LogP contribution in [-0.2, 0) is 0 Å². The van der Waals surface area contributed by atoms with Gasteiger partial charge in [-0.3, -0.25) is 5.32 Å². The van der Waals surface area contributed by atoms with Gasteiger partial charge in [-0.25, -0.2) is 0 Å². The molecule has 0 aliphatic carbocycles. The van der Waals surface area contributed by atoms with Gasteiger partial charge in [0.15, 0.2) is 0 Å². The molecule has 3 nitrogen and oxygen atoms in total. The molecule has 0 fully saturated rings. The number of phenols is 2. The normalized spacial score (nSPS) is 12.0. The first-order chi connectivity index (χ1) is 6.65. The van der Waals surface area contributed by atoms with Gasteiger partial charge in [-0.05, 0) is 25.1 Å². The number of terminal acetylenes is 1. The van der Waals surface area contributed by atoms with Gasteiger partial charge in [0.1, 0.15) is 11.5 Å². The molecule has 0 amide bonds. The number of phenolic OH excluding ortho intramolecular Hbond substituents is 2. The molecule has 1 rings (SSSR count). The Morgan fingerprint density at radius 3 is 2.86 bits per heavy atom. The van der Waals surface area contributed by atoms with E-state index in [2.05, 4.69) is 11.2 Å². The first-order valence-electron chi connectivity index (χ1n) is 4.34. The quantitative estimate of drug-likeness (QED) is 0.499. The lowest BCUT2D eigenvalue weighted by Gasteiger charge is -2.13. The highest BCUT2D eigenvalue weighted by Gasteiger charge is 2.09. The molecule has 0 aromatic heterocycles. The minimum Gasteiger partial charge on any atom is -0.508 e. The molecule has 3 heteroatoms. The zero-order chi connectivity index (χ0) is 10.6. The van der Waals surface area contributed by atoms with Crippen molar-refractivity contribution in [2.45, 2.75) is 13.0 Å². The van der Waals surface area contributed by atoms with Crippen LogP contribution >= 0.6 is 0 Å². The summed E-state index contributed by atoms with van der Waals surface area (Å²) in [7, 11) is 0. The first kappa shape index (κ1) is 10.4. The van der Waals surface area contributed by atoms with Gasteiger partial charge >= 0.3 is 0 Å². The number of aromatic hydroxyl groups is 2. The summed E-state index contributed by atoms with van der Waals surface area (Å²) in [5, 5.41) is 21.7. The van der Waals surface area contributed by atoms with Crippen LogP contribution in [0.3, 0.4) is 0 Å². The SMILES string of the molecule is C#CCNC(C)c1cc(O)ccc1O. The fraction of sp³-hybridized carbons (Fsp3) is 0.273. The van der Waals surface area contributed by atoms with Crippen LogP contribution in [0.2, 0.25) is 0 Å². The fourth-order valence-corrected chi connectivity index (χ4v) is 1.21. The van der Waals surface area contributed by atoms with E-state index in [1.165, 1.54) is 18.2 Å². The Morgan fingerprint density at radius 1 is 1.50 bits per heavy atom. The molecule has 1 atom stereocenters. The van der Waals surface area contributed by atoms with E-state index >= 15 is 0 Å². The van der Waals surface area contributed by atoms with Crippen molar-refractivity contribution in [3.63, 3.8) is 0 Å². The van der Waals surface area contributed by atoms with Crippen LogP contribution in [0.5, 0.6) is 11.5 Å². The summed E-state index contributed by atoms with van der Waals surface area (Å²) in [6, 6.07) is 4.33. The maximum atomic E-state index is 9.50. The van der Waals surface area contributed by atoms with Crippen molar-refractivity contribution < 1.29 is 10.2 Å². The number of hydrogen-bond acceptors (Lipinski definition) is 3. The fourth-order valence-electron chi connectivity index (χ4n) is 1.21. The predicted molar refractivity (Wildman–Crippen MR) is 55.0 cm³/mol. The van der Waals surface area contributed by atoms with E-state index < -0.39 is 0 Å². The van der Waals surface area contributed by atoms with Gasteiger partial charge in [0.25, 0.3) is 0 Å². The van der Waals surface area contributed by atoms with E-state index in [-0.39, 0.29) is 17.5 Å². The summed E-state index contributed by atoms with van der Waals surface area (Å²) >= 11 is 0. The van der Waals surface area contributed by atoms with Crippen molar-refractivity contribution in [1.82, 2.24) is 5.32 Å². The number of benzene rings is 1. The van der Waals surface area contributed by atoms with Crippen LogP contribution in [0.15, 0.2) is 18.2 Å². The number of rotatable bonds is 3. The highest BCUT2D eigenvalue weighted by molar-refractivity contribution is 5.40. The third-order valence-corrected chi connectivity index (χ3v) is 1.99. The summed E-state index contributed by atoms with van der Waals surface area (Å²) in [4.78, 5) is 0. The summed E-state index contributed by atoms with van der Waals surface area (Å²) in [5.41, 5.74) is 0.639. The molecule has 14 heavy (non-hydrogen) atoms. The van der Waals surface area contributed by atoms with Crippen LogP contribution in [-0.4, -0.2) is 16.8 Å². The van der Waals surface area contributed by atoms with Gasteiger partial charge in [-0.15, -0.1) is 6.42 Å². The molecule has 0 saturated carbocycles. The lowest BCUT2D eigenvalue weighted by atomic mass is 10.1. The number of nitrogens with one attached hydrogen (secondary N) is 1. The molecule has 74 valence electrons. The van der Waals surface area contributed by atoms with E-state index in [9.17, 15) is 10.2 Å². The molecule has 1 unspecified atom stereocenters. The molecule has 0 radical (unpaired) electrons. The number of hydrogen-bond donors (Lipinski definition) is 3. The van der Waals surface area contributed by atoms with Crippen LogP contribution in [0.4, 0.5) is 0 Å². The van der Waals surface area contributed by atoms with Gasteiger partial charge in [-0.2, -0.15) is 0 Å². The van der Waals surface area contributed by atoms with Crippen molar-refractivity contribution >= 4 is 0 Å². The van der Waals surface area contributed by atoms with E-state index in [1.54, 1.807) is 0 Å². The largest absolute Gasteiger partial charge is 0.508 e. The first-order valence-corrected chi connectivity index (χ1v) is 4.34. The zero-order valence-corrected chi connectivity index (χ0v) is 7.99. The van der Waals surface area contributed by atoms with Crippen LogP contribution in [0.25, 0.3) is 0 Å². The molecule has 0 spiro atoms. The van der Waals surface area contributed by atoms with Gasteiger partial charge < -0.3 is 10.2 Å². The van der Waals surface area contributed by atoms with E-state index in [0.717, 1.165) is 0 Å². The van der Waals surface area contributed by atoms with E-state index in [1.807, 2.05) is 6.92 Å². The summed E-state index contributed by atoms with van der Waals surface area (Å²) in [5.74, 6) is 2.73.